The van der Waals surface area contributed by atoms with Gasteiger partial charge in [0, 0.05) is 12.8 Å². The van der Waals surface area contributed by atoms with Gasteiger partial charge in [-0.25, -0.2) is 4.79 Å². The highest BCUT2D eigenvalue weighted by Gasteiger charge is 2.22. The number of carbonyl (C=O) groups is 4. The summed E-state index contributed by atoms with van der Waals surface area (Å²) in [6.07, 6.45) is -1.12. The lowest BCUT2D eigenvalue weighted by Crippen LogP contribution is -2.37. The van der Waals surface area contributed by atoms with Crippen LogP contribution in [0.5, 0.6) is 11.5 Å². The van der Waals surface area contributed by atoms with Gasteiger partial charge in [0.1, 0.15) is 18.8 Å². The zero-order valence-corrected chi connectivity index (χ0v) is 22.9. The second-order valence-corrected chi connectivity index (χ2v) is 10.2. The monoisotopic (exact) mass is 523 g/mol. The summed E-state index contributed by atoms with van der Waals surface area (Å²) in [6, 6.07) is 3.61. The molecule has 2 N–H and O–H groups in total. The molecule has 0 amide bonds. The highest BCUT2D eigenvalue weighted by molar-refractivity contribution is 5.77. The lowest BCUT2D eigenvalue weighted by molar-refractivity contribution is -0.152. The van der Waals surface area contributed by atoms with Gasteiger partial charge in [-0.15, -0.1) is 0 Å². The fourth-order valence-corrected chi connectivity index (χ4v) is 2.96. The molecule has 0 aliphatic rings. The van der Waals surface area contributed by atoms with Crippen LogP contribution in [-0.4, -0.2) is 49.4 Å². The van der Waals surface area contributed by atoms with Crippen molar-refractivity contribution in [1.29, 1.82) is 0 Å². The first-order valence-corrected chi connectivity index (χ1v) is 12.6. The summed E-state index contributed by atoms with van der Waals surface area (Å²) in [5, 5.41) is 0. The van der Waals surface area contributed by atoms with Crippen molar-refractivity contribution in [3.05, 3.63) is 23.8 Å². The first-order chi connectivity index (χ1) is 17.3. The van der Waals surface area contributed by atoms with Crippen molar-refractivity contribution in [1.82, 2.24) is 0 Å². The summed E-state index contributed by atoms with van der Waals surface area (Å²) < 4.78 is 26.0. The third kappa shape index (κ3) is 13.7. The first kappa shape index (κ1) is 31.9. The molecule has 0 heterocycles. The van der Waals surface area contributed by atoms with Gasteiger partial charge in [-0.05, 0) is 48.8 Å². The number of hydrogen-bond acceptors (Lipinski definition) is 10. The fourth-order valence-electron chi connectivity index (χ4n) is 2.96. The van der Waals surface area contributed by atoms with Crippen LogP contribution >= 0.6 is 0 Å². The predicted octanol–water partition coefficient (Wildman–Crippen LogP) is 4.20. The number of hydrogen-bond donors (Lipinski definition) is 1. The van der Waals surface area contributed by atoms with Gasteiger partial charge in [-0.2, -0.15) is 0 Å². The van der Waals surface area contributed by atoms with Crippen LogP contribution in [0.2, 0.25) is 0 Å². The van der Waals surface area contributed by atoms with E-state index in [1.807, 2.05) is 41.5 Å². The van der Waals surface area contributed by atoms with Gasteiger partial charge >= 0.3 is 24.1 Å². The Morgan fingerprint density at radius 2 is 1.30 bits per heavy atom. The van der Waals surface area contributed by atoms with Gasteiger partial charge in [-0.3, -0.25) is 14.4 Å². The molecule has 1 aromatic rings. The molecule has 0 aliphatic heterocycles. The molecule has 0 unspecified atom stereocenters. The normalized spacial score (nSPS) is 12.7. The minimum atomic E-state index is -1.04. The van der Waals surface area contributed by atoms with Crippen LogP contribution in [0.15, 0.2) is 18.2 Å². The summed E-state index contributed by atoms with van der Waals surface area (Å²) in [7, 11) is 0. The quantitative estimate of drug-likeness (QED) is 0.278. The Balaban J connectivity index is 2.81. The summed E-state index contributed by atoms with van der Waals surface area (Å²) in [4.78, 5) is 48.4. The smallest absolute Gasteiger partial charge is 0.458 e. The average molecular weight is 524 g/mol. The third-order valence-corrected chi connectivity index (χ3v) is 4.65. The van der Waals surface area contributed by atoms with Crippen LogP contribution in [0.4, 0.5) is 4.79 Å². The maximum Gasteiger partial charge on any atom is 0.508 e. The van der Waals surface area contributed by atoms with Gasteiger partial charge in [0.05, 0.1) is 6.61 Å². The number of nitrogens with two attached hydrogens (primary N) is 1. The van der Waals surface area contributed by atoms with E-state index in [0.717, 1.165) is 0 Å². The highest BCUT2D eigenvalue weighted by Crippen LogP contribution is 2.30. The van der Waals surface area contributed by atoms with Crippen LogP contribution < -0.4 is 15.2 Å². The van der Waals surface area contributed by atoms with E-state index in [4.69, 9.17) is 29.4 Å². The van der Waals surface area contributed by atoms with Crippen molar-refractivity contribution in [3.63, 3.8) is 0 Å². The van der Waals surface area contributed by atoms with Crippen molar-refractivity contribution < 1.29 is 42.9 Å². The van der Waals surface area contributed by atoms with E-state index in [2.05, 4.69) is 0 Å². The Bertz CT molecular complexity index is 911. The Hall–Kier alpha value is -3.14. The highest BCUT2D eigenvalue weighted by atomic mass is 16.7. The number of benzene rings is 1. The second-order valence-electron chi connectivity index (χ2n) is 10.2. The lowest BCUT2D eigenvalue weighted by Gasteiger charge is -2.18. The summed E-state index contributed by atoms with van der Waals surface area (Å²) in [6.45, 7) is 12.9. The van der Waals surface area contributed by atoms with Crippen molar-refractivity contribution in [2.75, 3.05) is 13.2 Å². The molecule has 2 atom stereocenters. The number of rotatable bonds is 14. The molecule has 0 radical (unpaired) electrons. The molecular weight excluding hydrogens is 482 g/mol. The largest absolute Gasteiger partial charge is 0.508 e. The average Bonchev–Trinajstić information content (AvgIpc) is 2.76. The molecule has 0 saturated heterocycles. The zero-order valence-electron chi connectivity index (χ0n) is 22.9. The van der Waals surface area contributed by atoms with Gasteiger partial charge in [0.25, 0.3) is 0 Å². The topological polar surface area (TPSA) is 140 Å². The molecule has 10 heteroatoms. The second kappa shape index (κ2) is 15.9. The number of carbonyl (C=O) groups excluding carboxylic acids is 4. The molecule has 208 valence electrons. The van der Waals surface area contributed by atoms with E-state index >= 15 is 0 Å². The van der Waals surface area contributed by atoms with Gasteiger partial charge < -0.3 is 29.4 Å². The first-order valence-electron chi connectivity index (χ1n) is 12.6. The van der Waals surface area contributed by atoms with Crippen LogP contribution in [0, 0.1) is 17.8 Å². The number of ether oxygens (including phenoxy) is 5. The van der Waals surface area contributed by atoms with Crippen LogP contribution in [0.1, 0.15) is 66.9 Å². The standard InChI is InChI=1S/C27H41NO9/c1-16(2)10-24(29)36-22-9-8-20(13-23(22)37-25(30)11-17(3)4)12-21(28)26(31)35-19(7)15-34-27(32)33-14-18(5)6/h8-9,13,16-19,21H,10-12,14-15,28H2,1-7H3/t19-,21-/m0/s1. The molecule has 0 spiro atoms. The molecule has 1 aromatic carbocycles. The molecule has 0 aliphatic carbocycles. The van der Waals surface area contributed by atoms with E-state index in [1.54, 1.807) is 13.0 Å². The van der Waals surface area contributed by atoms with Crippen molar-refractivity contribution >= 4 is 24.1 Å². The summed E-state index contributed by atoms with van der Waals surface area (Å²) in [5.74, 6) is -1.10. The Morgan fingerprint density at radius 1 is 0.757 bits per heavy atom. The molecule has 0 aromatic heterocycles. The van der Waals surface area contributed by atoms with E-state index in [9.17, 15) is 19.2 Å². The molecule has 0 bridgehead atoms. The maximum atomic E-state index is 12.4. The number of esters is 3. The summed E-state index contributed by atoms with van der Waals surface area (Å²) in [5.41, 5.74) is 6.60. The summed E-state index contributed by atoms with van der Waals surface area (Å²) >= 11 is 0. The lowest BCUT2D eigenvalue weighted by atomic mass is 10.1. The molecule has 0 fully saturated rings. The van der Waals surface area contributed by atoms with Gasteiger partial charge in [0.2, 0.25) is 0 Å². The van der Waals surface area contributed by atoms with E-state index in [-0.39, 0.29) is 61.7 Å². The van der Waals surface area contributed by atoms with E-state index in [0.29, 0.717) is 5.56 Å². The Morgan fingerprint density at radius 3 is 1.84 bits per heavy atom. The van der Waals surface area contributed by atoms with Crippen LogP contribution in [0.25, 0.3) is 0 Å². The van der Waals surface area contributed by atoms with E-state index < -0.39 is 36.2 Å². The zero-order chi connectivity index (χ0) is 28.1. The molecule has 1 rings (SSSR count). The minimum Gasteiger partial charge on any atom is -0.458 e. The molecule has 0 saturated carbocycles. The third-order valence-electron chi connectivity index (χ3n) is 4.65. The molecule has 10 nitrogen and oxygen atoms in total. The van der Waals surface area contributed by atoms with Crippen LogP contribution in [-0.2, 0) is 35.0 Å². The van der Waals surface area contributed by atoms with E-state index in [1.165, 1.54) is 12.1 Å². The van der Waals surface area contributed by atoms with Crippen molar-refractivity contribution in [2.24, 2.45) is 23.5 Å². The Labute approximate surface area is 219 Å². The van der Waals surface area contributed by atoms with Crippen LogP contribution in [0.3, 0.4) is 0 Å². The van der Waals surface area contributed by atoms with Crippen molar-refractivity contribution in [2.45, 2.75) is 79.9 Å². The van der Waals surface area contributed by atoms with Crippen molar-refractivity contribution in [3.8, 4) is 11.5 Å². The van der Waals surface area contributed by atoms with Gasteiger partial charge in [0.15, 0.2) is 11.5 Å². The minimum absolute atomic E-state index is 0.0673. The SMILES string of the molecule is CC(C)COC(=O)OC[C@H](C)OC(=O)[C@@H](N)Cc1ccc(OC(=O)CC(C)C)c(OC(=O)CC(C)C)c1. The maximum absolute atomic E-state index is 12.4. The van der Waals surface area contributed by atoms with Gasteiger partial charge in [-0.1, -0.05) is 47.6 Å². The molecular formula is C27H41NO9. The Kier molecular flexibility index (Phi) is 13.7. The fraction of sp³-hybridized carbons (Fsp3) is 0.630. The molecule has 37 heavy (non-hydrogen) atoms. The predicted molar refractivity (Wildman–Crippen MR) is 136 cm³/mol.